The van der Waals surface area contributed by atoms with E-state index in [4.69, 9.17) is 5.73 Å². The van der Waals surface area contributed by atoms with Crippen LogP contribution in [-0.2, 0) is 19.2 Å². The molecule has 162 valence electrons. The Bertz CT molecular complexity index is 552. The van der Waals surface area contributed by atoms with E-state index in [0.29, 0.717) is 5.75 Å². The Hall–Kier alpha value is -1.15. The summed E-state index contributed by atoms with van der Waals surface area (Å²) < 4.78 is 0. The number of hydrogen-bond donors (Lipinski definition) is 8. The van der Waals surface area contributed by atoms with E-state index < -0.39 is 54.0 Å². The Morgan fingerprint density at radius 1 is 1.00 bits per heavy atom. The Morgan fingerprint density at radius 2 is 1.57 bits per heavy atom. The highest BCUT2D eigenvalue weighted by molar-refractivity contribution is 7.98. The molecule has 0 aliphatic carbocycles. The van der Waals surface area contributed by atoms with Crippen LogP contribution in [0.4, 0.5) is 0 Å². The van der Waals surface area contributed by atoms with Gasteiger partial charge in [-0.3, -0.25) is 14.4 Å². The van der Waals surface area contributed by atoms with Gasteiger partial charge in [-0.15, -0.1) is 0 Å². The first-order valence-electron chi connectivity index (χ1n) is 8.37. The molecule has 0 rings (SSSR count). The molecule has 0 aromatic carbocycles. The molecule has 0 aromatic heterocycles. The summed E-state index contributed by atoms with van der Waals surface area (Å²) in [7, 11) is 0. The fourth-order valence-corrected chi connectivity index (χ4v) is 2.86. The highest BCUT2D eigenvalue weighted by atomic mass is 32.2. The van der Waals surface area contributed by atoms with Gasteiger partial charge in [-0.1, -0.05) is 0 Å². The van der Waals surface area contributed by atoms with Gasteiger partial charge in [0, 0.05) is 11.5 Å². The first-order chi connectivity index (χ1) is 13.1. The number of aliphatic carboxylic acids is 1. The standard InChI is InChI=1S/C15H28N4O6S3/c1-7(20)11(14(23)17-9(15(24)25)3-4-28-2)19-13(22)10(6-27)18-12(21)8(16)5-26/h7-11,20,26-27H,3-6,16H2,1-2H3,(H,17,23)(H,18,21)(H,19,22)(H,24,25). The van der Waals surface area contributed by atoms with Crippen LogP contribution in [0.15, 0.2) is 0 Å². The molecule has 3 amide bonds. The van der Waals surface area contributed by atoms with Crippen molar-refractivity contribution in [3.05, 3.63) is 0 Å². The fraction of sp³-hybridized carbons (Fsp3) is 0.733. The van der Waals surface area contributed by atoms with Gasteiger partial charge in [0.05, 0.1) is 12.1 Å². The zero-order valence-corrected chi connectivity index (χ0v) is 18.2. The van der Waals surface area contributed by atoms with Crippen LogP contribution in [-0.4, -0.2) is 87.7 Å². The molecule has 28 heavy (non-hydrogen) atoms. The molecule has 0 radical (unpaired) electrons. The number of carbonyl (C=O) groups is 4. The van der Waals surface area contributed by atoms with E-state index in [2.05, 4.69) is 41.2 Å². The van der Waals surface area contributed by atoms with Gasteiger partial charge < -0.3 is 31.9 Å². The monoisotopic (exact) mass is 456 g/mol. The summed E-state index contributed by atoms with van der Waals surface area (Å²) in [6, 6.07) is -4.61. The summed E-state index contributed by atoms with van der Waals surface area (Å²) in [6.45, 7) is 1.27. The van der Waals surface area contributed by atoms with Crippen molar-refractivity contribution in [2.45, 2.75) is 43.6 Å². The fourth-order valence-electron chi connectivity index (χ4n) is 1.97. The smallest absolute Gasteiger partial charge is 0.326 e. The minimum absolute atomic E-state index is 0.0675. The number of nitrogens with one attached hydrogen (secondary N) is 3. The van der Waals surface area contributed by atoms with Crippen molar-refractivity contribution in [2.75, 3.05) is 23.5 Å². The zero-order valence-electron chi connectivity index (χ0n) is 15.6. The molecular formula is C15H28N4O6S3. The normalized spacial score (nSPS) is 16.2. The van der Waals surface area contributed by atoms with Crippen LogP contribution >= 0.6 is 37.0 Å². The van der Waals surface area contributed by atoms with Crippen LogP contribution in [0.25, 0.3) is 0 Å². The number of carboxylic acid groups (broad SMARTS) is 1. The Labute approximate surface area is 179 Å². The van der Waals surface area contributed by atoms with Crippen molar-refractivity contribution in [1.82, 2.24) is 16.0 Å². The molecule has 0 aliphatic heterocycles. The zero-order chi connectivity index (χ0) is 21.9. The number of aliphatic hydroxyl groups excluding tert-OH is 1. The lowest BCUT2D eigenvalue weighted by Crippen LogP contribution is -2.60. The second-order valence-electron chi connectivity index (χ2n) is 5.94. The molecule has 13 heteroatoms. The Balaban J connectivity index is 5.10. The summed E-state index contributed by atoms with van der Waals surface area (Å²) in [4.78, 5) is 47.9. The van der Waals surface area contributed by atoms with E-state index in [0.717, 1.165) is 0 Å². The van der Waals surface area contributed by atoms with Gasteiger partial charge >= 0.3 is 5.97 Å². The van der Waals surface area contributed by atoms with Crippen molar-refractivity contribution in [2.24, 2.45) is 5.73 Å². The largest absolute Gasteiger partial charge is 0.480 e. The average molecular weight is 457 g/mol. The molecule has 0 saturated heterocycles. The minimum Gasteiger partial charge on any atom is -0.480 e. The predicted octanol–water partition coefficient (Wildman–Crippen LogP) is -2.15. The molecule has 5 unspecified atom stereocenters. The summed E-state index contributed by atoms with van der Waals surface area (Å²) >= 11 is 9.31. The number of amides is 3. The van der Waals surface area contributed by atoms with Gasteiger partial charge in [-0.25, -0.2) is 4.79 Å². The van der Waals surface area contributed by atoms with Gasteiger partial charge in [0.25, 0.3) is 0 Å². The highest BCUT2D eigenvalue weighted by Gasteiger charge is 2.32. The van der Waals surface area contributed by atoms with E-state index in [1.807, 2.05) is 0 Å². The number of nitrogens with two attached hydrogens (primary N) is 1. The molecule has 0 bridgehead atoms. The lowest BCUT2D eigenvalue weighted by Gasteiger charge is -2.25. The number of hydrogen-bond acceptors (Lipinski definition) is 9. The van der Waals surface area contributed by atoms with Crippen molar-refractivity contribution in [3.8, 4) is 0 Å². The maximum atomic E-state index is 12.4. The van der Waals surface area contributed by atoms with Crippen LogP contribution in [0.3, 0.4) is 0 Å². The second-order valence-corrected chi connectivity index (χ2v) is 7.66. The lowest BCUT2D eigenvalue weighted by molar-refractivity contribution is -0.143. The minimum atomic E-state index is -1.42. The highest BCUT2D eigenvalue weighted by Crippen LogP contribution is 2.03. The molecule has 0 aliphatic rings. The van der Waals surface area contributed by atoms with Crippen LogP contribution < -0.4 is 21.7 Å². The van der Waals surface area contributed by atoms with E-state index in [1.54, 1.807) is 6.26 Å². The molecule has 0 aromatic rings. The third kappa shape index (κ3) is 9.37. The number of carboxylic acids is 1. The van der Waals surface area contributed by atoms with E-state index >= 15 is 0 Å². The molecule has 7 N–H and O–H groups in total. The predicted molar refractivity (Wildman–Crippen MR) is 114 cm³/mol. The SMILES string of the molecule is CSCCC(NC(=O)C(NC(=O)C(CS)NC(=O)C(N)CS)C(C)O)C(=O)O. The van der Waals surface area contributed by atoms with Crippen LogP contribution in [0.1, 0.15) is 13.3 Å². The first-order valence-corrected chi connectivity index (χ1v) is 11.0. The van der Waals surface area contributed by atoms with Gasteiger partial charge in [0.2, 0.25) is 17.7 Å². The molecule has 10 nitrogen and oxygen atoms in total. The molecule has 0 heterocycles. The van der Waals surface area contributed by atoms with E-state index in [1.165, 1.54) is 18.7 Å². The van der Waals surface area contributed by atoms with Crippen LogP contribution in [0.2, 0.25) is 0 Å². The van der Waals surface area contributed by atoms with Crippen LogP contribution in [0, 0.1) is 0 Å². The lowest BCUT2D eigenvalue weighted by atomic mass is 10.1. The van der Waals surface area contributed by atoms with Gasteiger partial charge in [-0.05, 0) is 25.4 Å². The molecule has 0 spiro atoms. The van der Waals surface area contributed by atoms with Crippen LogP contribution in [0.5, 0.6) is 0 Å². The molecule has 5 atom stereocenters. The van der Waals surface area contributed by atoms with E-state index in [9.17, 15) is 29.4 Å². The van der Waals surface area contributed by atoms with Gasteiger partial charge in [0.15, 0.2) is 0 Å². The summed E-state index contributed by atoms with van der Waals surface area (Å²) in [5.74, 6) is -2.99. The van der Waals surface area contributed by atoms with Gasteiger partial charge in [0.1, 0.15) is 18.1 Å². The van der Waals surface area contributed by atoms with E-state index in [-0.39, 0.29) is 17.9 Å². The van der Waals surface area contributed by atoms with Crippen molar-refractivity contribution in [1.29, 1.82) is 0 Å². The Morgan fingerprint density at radius 3 is 2.00 bits per heavy atom. The third-order valence-electron chi connectivity index (χ3n) is 3.64. The van der Waals surface area contributed by atoms with Crippen molar-refractivity contribution in [3.63, 3.8) is 0 Å². The van der Waals surface area contributed by atoms with Gasteiger partial charge in [-0.2, -0.15) is 37.0 Å². The number of rotatable bonds is 13. The maximum absolute atomic E-state index is 12.4. The topological polar surface area (TPSA) is 171 Å². The number of carbonyl (C=O) groups excluding carboxylic acids is 3. The number of thioether (sulfide) groups is 1. The van der Waals surface area contributed by atoms with Crippen molar-refractivity contribution < 1.29 is 29.4 Å². The average Bonchev–Trinajstić information content (AvgIpc) is 2.65. The summed E-state index contributed by atoms with van der Waals surface area (Å²) in [6.07, 6.45) is 0.667. The second kappa shape index (κ2) is 13.9. The van der Waals surface area contributed by atoms with Crippen molar-refractivity contribution >= 4 is 60.7 Å². The molecular weight excluding hydrogens is 428 g/mol. The molecule has 0 saturated carbocycles. The Kier molecular flexibility index (Phi) is 13.4. The maximum Gasteiger partial charge on any atom is 0.326 e. The number of thiol groups is 2. The first kappa shape index (κ1) is 26.9. The molecule has 0 fully saturated rings. The quantitative estimate of drug-likeness (QED) is 0.145. The summed E-state index contributed by atoms with van der Waals surface area (Å²) in [5, 5.41) is 26.0. The summed E-state index contributed by atoms with van der Waals surface area (Å²) in [5.41, 5.74) is 5.53. The number of aliphatic hydroxyl groups is 1. The third-order valence-corrected chi connectivity index (χ3v) is 5.04.